The maximum absolute atomic E-state index is 12.6. The van der Waals surface area contributed by atoms with E-state index in [0.29, 0.717) is 37.9 Å². The number of hydrogen-bond acceptors (Lipinski definition) is 4. The van der Waals surface area contributed by atoms with Gasteiger partial charge in [-0.2, -0.15) is 4.31 Å². The number of nitrogens with one attached hydrogen (secondary N) is 1. The van der Waals surface area contributed by atoms with Crippen LogP contribution in [0, 0.1) is 0 Å². The molecule has 1 saturated heterocycles. The van der Waals surface area contributed by atoms with Crippen LogP contribution >= 0.6 is 0 Å². The Morgan fingerprint density at radius 1 is 1.10 bits per heavy atom. The van der Waals surface area contributed by atoms with Crippen LogP contribution in [-0.4, -0.2) is 49.6 Å². The van der Waals surface area contributed by atoms with Crippen molar-refractivity contribution in [2.24, 2.45) is 5.73 Å². The van der Waals surface area contributed by atoms with E-state index in [4.69, 9.17) is 5.73 Å². The highest BCUT2D eigenvalue weighted by molar-refractivity contribution is 7.89. The van der Waals surface area contributed by atoms with Crippen molar-refractivity contribution >= 4 is 15.9 Å². The Labute approximate surface area is 173 Å². The summed E-state index contributed by atoms with van der Waals surface area (Å²) in [5, 5.41) is 3.06. The predicted molar refractivity (Wildman–Crippen MR) is 116 cm³/mol. The molecule has 1 fully saturated rings. The van der Waals surface area contributed by atoms with Gasteiger partial charge in [0.25, 0.3) is 5.91 Å². The number of hydrogen-bond donors (Lipinski definition) is 2. The molecule has 0 radical (unpaired) electrons. The molecule has 29 heavy (non-hydrogen) atoms. The summed E-state index contributed by atoms with van der Waals surface area (Å²) < 4.78 is 26.4. The summed E-state index contributed by atoms with van der Waals surface area (Å²) in [5.74, 6) is -0.0419. The maximum atomic E-state index is 12.6. The van der Waals surface area contributed by atoms with Crippen molar-refractivity contribution in [3.05, 3.63) is 60.2 Å². The van der Waals surface area contributed by atoms with Gasteiger partial charge in [-0.05, 0) is 56.0 Å². The standard InChI is InChI=1S/C22H29N3O3S/c1-17-16-21(12-14-25(17)29(27,28)15-5-13-23)24-22(26)20-10-8-19(9-11-20)18-6-3-2-4-7-18/h2-4,6-11,17,21H,5,12-16,23H2,1H3,(H,24,26). The molecule has 1 aliphatic heterocycles. The first-order valence-corrected chi connectivity index (χ1v) is 11.7. The second kappa shape index (κ2) is 9.52. The van der Waals surface area contributed by atoms with Gasteiger partial charge < -0.3 is 11.1 Å². The molecule has 1 heterocycles. The molecule has 7 heteroatoms. The second-order valence-corrected chi connectivity index (χ2v) is 9.60. The maximum Gasteiger partial charge on any atom is 0.251 e. The van der Waals surface area contributed by atoms with Crippen LogP contribution < -0.4 is 11.1 Å². The van der Waals surface area contributed by atoms with Crippen molar-refractivity contribution in [3.8, 4) is 11.1 Å². The molecule has 2 atom stereocenters. The van der Waals surface area contributed by atoms with Crippen LogP contribution in [0.2, 0.25) is 0 Å². The minimum Gasteiger partial charge on any atom is -0.349 e. The molecule has 2 aromatic rings. The molecular weight excluding hydrogens is 386 g/mol. The fourth-order valence-corrected chi connectivity index (χ4v) is 5.58. The molecule has 6 nitrogen and oxygen atoms in total. The van der Waals surface area contributed by atoms with E-state index in [1.54, 1.807) is 4.31 Å². The van der Waals surface area contributed by atoms with Crippen molar-refractivity contribution < 1.29 is 13.2 Å². The lowest BCUT2D eigenvalue weighted by atomic mass is 9.99. The van der Waals surface area contributed by atoms with Crippen LogP contribution in [0.5, 0.6) is 0 Å². The lowest BCUT2D eigenvalue weighted by Gasteiger charge is -2.37. The van der Waals surface area contributed by atoms with Crippen LogP contribution in [0.25, 0.3) is 11.1 Å². The Bertz CT molecular complexity index is 914. The van der Waals surface area contributed by atoms with E-state index >= 15 is 0 Å². The van der Waals surface area contributed by atoms with E-state index in [1.807, 2.05) is 61.5 Å². The van der Waals surface area contributed by atoms with Crippen molar-refractivity contribution in [2.45, 2.75) is 38.3 Å². The van der Waals surface area contributed by atoms with Gasteiger partial charge in [-0.25, -0.2) is 8.42 Å². The number of rotatable bonds is 7. The zero-order valence-electron chi connectivity index (χ0n) is 16.8. The average Bonchev–Trinajstić information content (AvgIpc) is 2.73. The van der Waals surface area contributed by atoms with Gasteiger partial charge in [0.05, 0.1) is 5.75 Å². The van der Waals surface area contributed by atoms with E-state index < -0.39 is 10.0 Å². The zero-order chi connectivity index (χ0) is 20.9. The normalized spacial score (nSPS) is 20.3. The number of carbonyl (C=O) groups is 1. The topological polar surface area (TPSA) is 92.5 Å². The number of amides is 1. The predicted octanol–water partition coefficient (Wildman–Crippen LogP) is 2.61. The highest BCUT2D eigenvalue weighted by atomic mass is 32.2. The molecule has 156 valence electrons. The summed E-state index contributed by atoms with van der Waals surface area (Å²) >= 11 is 0. The van der Waals surface area contributed by atoms with Crippen LogP contribution in [0.15, 0.2) is 54.6 Å². The van der Waals surface area contributed by atoms with E-state index in [0.717, 1.165) is 11.1 Å². The smallest absolute Gasteiger partial charge is 0.251 e. The minimum atomic E-state index is -3.29. The van der Waals surface area contributed by atoms with E-state index in [1.165, 1.54) is 0 Å². The number of carbonyl (C=O) groups excluding carboxylic acids is 1. The fraction of sp³-hybridized carbons (Fsp3) is 0.409. The number of benzene rings is 2. The van der Waals surface area contributed by atoms with Gasteiger partial charge >= 0.3 is 0 Å². The number of nitrogens with two attached hydrogens (primary N) is 1. The van der Waals surface area contributed by atoms with Gasteiger partial charge in [0.2, 0.25) is 10.0 Å². The molecule has 1 amide bonds. The quantitative estimate of drug-likeness (QED) is 0.727. The van der Waals surface area contributed by atoms with Crippen LogP contribution in [0.4, 0.5) is 0 Å². The van der Waals surface area contributed by atoms with Gasteiger partial charge in [0, 0.05) is 24.2 Å². The minimum absolute atomic E-state index is 0.0349. The van der Waals surface area contributed by atoms with Crippen LogP contribution in [0.3, 0.4) is 0 Å². The lowest BCUT2D eigenvalue weighted by molar-refractivity contribution is 0.0914. The summed E-state index contributed by atoms with van der Waals surface area (Å²) in [6.45, 7) is 2.68. The van der Waals surface area contributed by atoms with Gasteiger partial charge in [-0.3, -0.25) is 4.79 Å². The first-order valence-electron chi connectivity index (χ1n) is 10.1. The van der Waals surface area contributed by atoms with Gasteiger partial charge in [0.1, 0.15) is 0 Å². The number of piperidine rings is 1. The average molecular weight is 416 g/mol. The van der Waals surface area contributed by atoms with E-state index in [-0.39, 0.29) is 23.7 Å². The zero-order valence-corrected chi connectivity index (χ0v) is 17.6. The summed E-state index contributed by atoms with van der Waals surface area (Å²) in [4.78, 5) is 12.6. The first-order chi connectivity index (χ1) is 13.9. The molecule has 0 aliphatic carbocycles. The molecule has 3 rings (SSSR count). The SMILES string of the molecule is CC1CC(NC(=O)c2ccc(-c3ccccc3)cc2)CCN1S(=O)(=O)CCCN. The lowest BCUT2D eigenvalue weighted by Crippen LogP contribution is -2.51. The fourth-order valence-electron chi connectivity index (χ4n) is 3.79. The Hall–Kier alpha value is -2.22. The Morgan fingerprint density at radius 3 is 2.38 bits per heavy atom. The van der Waals surface area contributed by atoms with Crippen LogP contribution in [-0.2, 0) is 10.0 Å². The van der Waals surface area contributed by atoms with E-state index in [2.05, 4.69) is 5.32 Å². The molecule has 0 bridgehead atoms. The third-order valence-corrected chi connectivity index (χ3v) is 7.43. The Morgan fingerprint density at radius 2 is 1.76 bits per heavy atom. The molecular formula is C22H29N3O3S. The Kier molecular flexibility index (Phi) is 7.05. The summed E-state index contributed by atoms with van der Waals surface area (Å²) in [5.41, 5.74) is 8.22. The highest BCUT2D eigenvalue weighted by Crippen LogP contribution is 2.23. The number of sulfonamides is 1. The molecule has 1 aliphatic rings. The van der Waals surface area contributed by atoms with Gasteiger partial charge in [0.15, 0.2) is 0 Å². The third kappa shape index (κ3) is 5.44. The molecule has 0 aromatic heterocycles. The second-order valence-electron chi connectivity index (χ2n) is 7.56. The summed E-state index contributed by atoms with van der Waals surface area (Å²) in [7, 11) is -3.29. The van der Waals surface area contributed by atoms with Crippen molar-refractivity contribution in [1.29, 1.82) is 0 Å². The monoisotopic (exact) mass is 415 g/mol. The summed E-state index contributed by atoms with van der Waals surface area (Å²) in [6.07, 6.45) is 1.68. The summed E-state index contributed by atoms with van der Waals surface area (Å²) in [6, 6.07) is 17.4. The molecule has 2 aromatic carbocycles. The molecule has 0 spiro atoms. The molecule has 2 unspecified atom stereocenters. The highest BCUT2D eigenvalue weighted by Gasteiger charge is 2.33. The van der Waals surface area contributed by atoms with Crippen molar-refractivity contribution in [2.75, 3.05) is 18.8 Å². The number of nitrogens with zero attached hydrogens (tertiary/aromatic N) is 1. The van der Waals surface area contributed by atoms with Crippen LogP contribution in [0.1, 0.15) is 36.5 Å². The third-order valence-electron chi connectivity index (χ3n) is 5.37. The van der Waals surface area contributed by atoms with Crippen molar-refractivity contribution in [3.63, 3.8) is 0 Å². The molecule has 3 N–H and O–H groups in total. The Balaban J connectivity index is 1.58. The van der Waals surface area contributed by atoms with Gasteiger partial charge in [-0.15, -0.1) is 0 Å². The van der Waals surface area contributed by atoms with E-state index in [9.17, 15) is 13.2 Å². The first kappa shape index (κ1) is 21.5. The van der Waals surface area contributed by atoms with Gasteiger partial charge in [-0.1, -0.05) is 42.5 Å². The largest absolute Gasteiger partial charge is 0.349 e. The molecule has 0 saturated carbocycles. The van der Waals surface area contributed by atoms with Crippen molar-refractivity contribution in [1.82, 2.24) is 9.62 Å².